The van der Waals surface area contributed by atoms with Crippen LogP contribution in [0.25, 0.3) is 16.6 Å². The number of fused-ring (bicyclic) bond motifs is 1. The summed E-state index contributed by atoms with van der Waals surface area (Å²) in [5.74, 6) is -1.41. The Morgan fingerprint density at radius 2 is 1.89 bits per heavy atom. The van der Waals surface area contributed by atoms with E-state index >= 15 is 0 Å². The minimum absolute atomic E-state index is 0.0227. The van der Waals surface area contributed by atoms with Crippen LogP contribution in [0.15, 0.2) is 65.7 Å². The molecule has 2 aliphatic heterocycles. The second-order valence-corrected chi connectivity index (χ2v) is 12.4. The molecule has 3 aromatic carbocycles. The molecule has 1 aromatic heterocycles. The van der Waals surface area contributed by atoms with Gasteiger partial charge in [-0.05, 0) is 67.9 Å². The summed E-state index contributed by atoms with van der Waals surface area (Å²) in [5.41, 5.74) is 1.01. The summed E-state index contributed by atoms with van der Waals surface area (Å²) in [6, 6.07) is 16.2. The van der Waals surface area contributed by atoms with Gasteiger partial charge in [-0.25, -0.2) is 13.8 Å². The Balaban J connectivity index is 1.29. The minimum Gasteiger partial charge on any atom is -0.453 e. The van der Waals surface area contributed by atoms with E-state index in [0.717, 1.165) is 41.8 Å². The number of piperazine rings is 1. The molecule has 11 nitrogen and oxygen atoms in total. The number of nitrogens with zero attached hydrogens (tertiary/aromatic N) is 5. The monoisotopic (exact) mass is 621 g/mol. The van der Waals surface area contributed by atoms with Crippen molar-refractivity contribution in [3.8, 4) is 23.3 Å². The normalized spacial score (nSPS) is 19.2. The summed E-state index contributed by atoms with van der Waals surface area (Å²) in [5, 5.41) is 13.4. The van der Waals surface area contributed by atoms with Gasteiger partial charge >= 0.3 is 10.2 Å². The molecule has 14 heteroatoms. The number of nitrogens with one attached hydrogen (secondary N) is 2. The van der Waals surface area contributed by atoms with Crippen LogP contribution >= 0.6 is 0 Å². The fourth-order valence-corrected chi connectivity index (χ4v) is 6.74. The van der Waals surface area contributed by atoms with Gasteiger partial charge in [-0.15, -0.1) is 0 Å². The second-order valence-electron chi connectivity index (χ2n) is 10.7. The molecule has 228 valence electrons. The van der Waals surface area contributed by atoms with E-state index in [1.54, 1.807) is 6.07 Å². The summed E-state index contributed by atoms with van der Waals surface area (Å²) >= 11 is 0. The topological polar surface area (TPSA) is 133 Å². The van der Waals surface area contributed by atoms with Gasteiger partial charge < -0.3 is 15.0 Å². The molecule has 1 unspecified atom stereocenters. The predicted molar refractivity (Wildman–Crippen MR) is 162 cm³/mol. The van der Waals surface area contributed by atoms with Crippen molar-refractivity contribution in [1.29, 1.82) is 5.26 Å². The summed E-state index contributed by atoms with van der Waals surface area (Å²) in [6.07, 6.45) is 0.201. The first kappa shape index (κ1) is 29.5. The van der Waals surface area contributed by atoms with E-state index in [9.17, 15) is 27.3 Å². The van der Waals surface area contributed by atoms with Crippen LogP contribution in [0.1, 0.15) is 18.9 Å². The number of benzene rings is 3. The van der Waals surface area contributed by atoms with Crippen molar-refractivity contribution in [2.24, 2.45) is 0 Å². The van der Waals surface area contributed by atoms with E-state index in [-0.39, 0.29) is 41.9 Å². The third kappa shape index (κ3) is 5.69. The lowest BCUT2D eigenvalue weighted by Gasteiger charge is -2.36. The van der Waals surface area contributed by atoms with E-state index in [4.69, 9.17) is 4.74 Å². The zero-order valence-electron chi connectivity index (χ0n) is 23.7. The number of rotatable bonds is 7. The number of hydrogen-bond donors (Lipinski definition) is 2. The maximum absolute atomic E-state index is 15.0. The Kier molecular flexibility index (Phi) is 7.93. The number of anilines is 2. The zero-order chi connectivity index (χ0) is 31.0. The van der Waals surface area contributed by atoms with E-state index in [2.05, 4.69) is 26.8 Å². The van der Waals surface area contributed by atoms with Crippen LogP contribution in [-0.4, -0.2) is 67.2 Å². The van der Waals surface area contributed by atoms with Gasteiger partial charge in [-0.1, -0.05) is 0 Å². The Morgan fingerprint density at radius 3 is 2.59 bits per heavy atom. The molecule has 44 heavy (non-hydrogen) atoms. The number of halogens is 2. The first-order valence-electron chi connectivity index (χ1n) is 14.1. The van der Waals surface area contributed by atoms with Crippen LogP contribution in [0.4, 0.5) is 20.2 Å². The highest BCUT2D eigenvalue weighted by Crippen LogP contribution is 2.34. The molecule has 3 heterocycles. The third-order valence-electron chi connectivity index (χ3n) is 7.80. The van der Waals surface area contributed by atoms with E-state index in [1.165, 1.54) is 29.1 Å². The lowest BCUT2D eigenvalue weighted by molar-refractivity contribution is 0.343. The molecule has 6 rings (SSSR count). The van der Waals surface area contributed by atoms with Gasteiger partial charge in [0.1, 0.15) is 29.9 Å². The van der Waals surface area contributed by atoms with Crippen molar-refractivity contribution in [2.45, 2.75) is 25.6 Å². The van der Waals surface area contributed by atoms with Gasteiger partial charge in [0.05, 0.1) is 22.3 Å². The number of nitriles is 1. The molecule has 2 atom stereocenters. The smallest absolute Gasteiger partial charge is 0.301 e. The van der Waals surface area contributed by atoms with Crippen LogP contribution in [0, 0.1) is 17.1 Å². The molecule has 0 amide bonds. The molecule has 2 saturated heterocycles. The van der Waals surface area contributed by atoms with Crippen molar-refractivity contribution in [2.75, 3.05) is 42.3 Å². The first-order valence-corrected chi connectivity index (χ1v) is 15.5. The first-order chi connectivity index (χ1) is 21.1. The van der Waals surface area contributed by atoms with Crippen LogP contribution < -0.4 is 25.2 Å². The van der Waals surface area contributed by atoms with Gasteiger partial charge in [0.25, 0.3) is 5.56 Å². The van der Waals surface area contributed by atoms with Crippen molar-refractivity contribution in [1.82, 2.24) is 19.2 Å². The van der Waals surface area contributed by atoms with Gasteiger partial charge in [-0.2, -0.15) is 18.0 Å². The Hall–Kier alpha value is -4.58. The van der Waals surface area contributed by atoms with E-state index in [1.807, 2.05) is 24.3 Å². The Bertz CT molecular complexity index is 1930. The van der Waals surface area contributed by atoms with Gasteiger partial charge in [0, 0.05) is 44.5 Å². The summed E-state index contributed by atoms with van der Waals surface area (Å²) in [6.45, 7) is 4.47. The van der Waals surface area contributed by atoms with Crippen molar-refractivity contribution >= 4 is 32.5 Å². The lowest BCUT2D eigenvalue weighted by Crippen LogP contribution is -2.49. The molecule has 2 aliphatic rings. The molecular formula is C30H29F2N7O4S. The summed E-state index contributed by atoms with van der Waals surface area (Å²) < 4.78 is 64.4. The van der Waals surface area contributed by atoms with Crippen molar-refractivity contribution < 1.29 is 21.9 Å². The SMILES string of the molecule is C[C@H]1CNCCN1c1ccc(-n2cnc3ccc(Oc4c(F)ccc(NS(=O)(=O)N5CCC(F)C5)c4C#N)cc3c2=O)cc1. The second kappa shape index (κ2) is 11.8. The maximum Gasteiger partial charge on any atom is 0.301 e. The quantitative estimate of drug-likeness (QED) is 0.320. The zero-order valence-corrected chi connectivity index (χ0v) is 24.5. The molecule has 0 aliphatic carbocycles. The molecule has 0 bridgehead atoms. The largest absolute Gasteiger partial charge is 0.453 e. The summed E-state index contributed by atoms with van der Waals surface area (Å²) in [7, 11) is -4.20. The number of ether oxygens (including phenoxy) is 1. The summed E-state index contributed by atoms with van der Waals surface area (Å²) in [4.78, 5) is 20.2. The fraction of sp³-hybridized carbons (Fsp3) is 0.300. The molecule has 0 saturated carbocycles. The minimum atomic E-state index is -4.20. The molecular weight excluding hydrogens is 592 g/mol. The van der Waals surface area contributed by atoms with Gasteiger partial charge in [-0.3, -0.25) is 14.1 Å². The van der Waals surface area contributed by atoms with Crippen molar-refractivity contribution in [3.05, 3.63) is 82.7 Å². The standard InChI is InChI=1S/C30H29F2N7O4S/c1-19-16-34-11-13-38(19)21-2-4-22(5-3-21)39-18-35-27-8-6-23(14-24(27)30(39)40)43-29-25(15-33)28(9-7-26(29)32)36-44(41,42)37-12-10-20(31)17-37/h2-9,14,18-20,34,36H,10-13,16-17H2,1H3/t19-,20?/m0/s1. The van der Waals surface area contributed by atoms with Gasteiger partial charge in [0.15, 0.2) is 11.6 Å². The highest BCUT2D eigenvalue weighted by molar-refractivity contribution is 7.90. The van der Waals surface area contributed by atoms with Crippen LogP contribution in [0.5, 0.6) is 11.5 Å². The van der Waals surface area contributed by atoms with E-state index < -0.39 is 33.5 Å². The lowest BCUT2D eigenvalue weighted by atomic mass is 10.1. The fourth-order valence-electron chi connectivity index (χ4n) is 5.46. The number of alkyl halides is 1. The average molecular weight is 622 g/mol. The van der Waals surface area contributed by atoms with Gasteiger partial charge in [0.2, 0.25) is 0 Å². The average Bonchev–Trinajstić information content (AvgIpc) is 3.47. The van der Waals surface area contributed by atoms with Crippen LogP contribution in [0.2, 0.25) is 0 Å². The van der Waals surface area contributed by atoms with Crippen LogP contribution in [-0.2, 0) is 10.2 Å². The molecule has 0 spiro atoms. The van der Waals surface area contributed by atoms with E-state index in [0.29, 0.717) is 17.2 Å². The Labute approximate surface area is 252 Å². The predicted octanol–water partition coefficient (Wildman–Crippen LogP) is 3.69. The maximum atomic E-state index is 15.0. The highest BCUT2D eigenvalue weighted by atomic mass is 32.2. The number of aromatic nitrogens is 2. The molecule has 2 fully saturated rings. The number of hydrogen-bond acceptors (Lipinski definition) is 8. The molecule has 0 radical (unpaired) electrons. The van der Waals surface area contributed by atoms with Crippen LogP contribution in [0.3, 0.4) is 0 Å². The highest BCUT2D eigenvalue weighted by Gasteiger charge is 2.32. The molecule has 4 aromatic rings. The van der Waals surface area contributed by atoms with Crippen molar-refractivity contribution in [3.63, 3.8) is 0 Å². The Morgan fingerprint density at radius 1 is 1.11 bits per heavy atom. The molecule has 2 N–H and O–H groups in total. The third-order valence-corrected chi connectivity index (χ3v) is 9.29.